The Kier molecular flexibility index (Phi) is 5.29. The first-order valence-electron chi connectivity index (χ1n) is 5.80. The molecule has 0 aromatic heterocycles. The van der Waals surface area contributed by atoms with E-state index in [1.54, 1.807) is 0 Å². The molecule has 1 aromatic carbocycles. The van der Waals surface area contributed by atoms with Crippen molar-refractivity contribution in [1.82, 2.24) is 0 Å². The van der Waals surface area contributed by atoms with Gasteiger partial charge in [-0.05, 0) is 31.0 Å². The highest BCUT2D eigenvalue weighted by molar-refractivity contribution is 9.10. The van der Waals surface area contributed by atoms with Gasteiger partial charge < -0.3 is 10.4 Å². The Hall–Kier alpha value is -0.540. The number of hydrogen-bond acceptors (Lipinski definition) is 2. The quantitative estimate of drug-likeness (QED) is 0.833. The highest BCUT2D eigenvalue weighted by Gasteiger charge is 2.25. The van der Waals surface area contributed by atoms with Crippen LogP contribution >= 0.6 is 15.9 Å². The maximum atomic E-state index is 9.56. The Morgan fingerprint density at radius 3 is 2.62 bits per heavy atom. The summed E-state index contributed by atoms with van der Waals surface area (Å²) in [6, 6.07) is 8.06. The van der Waals surface area contributed by atoms with E-state index < -0.39 is 0 Å². The standard InChI is InChI=1S/C13H20BrNO/c1-3-8-13(4-2,10-16)15-12-7-5-6-11(14)9-12/h5-7,9,15-16H,3-4,8,10H2,1-2H3. The summed E-state index contributed by atoms with van der Waals surface area (Å²) in [5.41, 5.74) is 0.869. The Labute approximate surface area is 106 Å². The molecule has 1 rings (SSSR count). The summed E-state index contributed by atoms with van der Waals surface area (Å²) >= 11 is 3.45. The molecule has 0 amide bonds. The first-order valence-corrected chi connectivity index (χ1v) is 6.59. The van der Waals surface area contributed by atoms with Gasteiger partial charge in [0.05, 0.1) is 12.1 Å². The molecule has 2 nitrogen and oxygen atoms in total. The van der Waals surface area contributed by atoms with Crippen molar-refractivity contribution in [3.8, 4) is 0 Å². The van der Waals surface area contributed by atoms with E-state index in [4.69, 9.17) is 0 Å². The van der Waals surface area contributed by atoms with Gasteiger partial charge in [0.1, 0.15) is 0 Å². The maximum absolute atomic E-state index is 9.56. The van der Waals surface area contributed by atoms with Gasteiger partial charge in [-0.2, -0.15) is 0 Å². The predicted octanol–water partition coefficient (Wildman–Crippen LogP) is 3.80. The number of anilines is 1. The number of nitrogens with one attached hydrogen (secondary N) is 1. The van der Waals surface area contributed by atoms with Crippen LogP contribution in [-0.4, -0.2) is 17.3 Å². The lowest BCUT2D eigenvalue weighted by molar-refractivity contribution is 0.197. The lowest BCUT2D eigenvalue weighted by atomic mass is 9.91. The van der Waals surface area contributed by atoms with Crippen molar-refractivity contribution in [3.63, 3.8) is 0 Å². The molecule has 1 atom stereocenters. The van der Waals surface area contributed by atoms with Crippen molar-refractivity contribution in [2.24, 2.45) is 0 Å². The molecule has 90 valence electrons. The van der Waals surface area contributed by atoms with Crippen molar-refractivity contribution in [1.29, 1.82) is 0 Å². The Balaban J connectivity index is 2.82. The zero-order valence-corrected chi connectivity index (χ0v) is 11.5. The van der Waals surface area contributed by atoms with Crippen LogP contribution in [0.15, 0.2) is 28.7 Å². The molecule has 0 spiro atoms. The molecule has 1 aromatic rings. The fourth-order valence-electron chi connectivity index (χ4n) is 1.91. The van der Waals surface area contributed by atoms with E-state index in [1.807, 2.05) is 24.3 Å². The maximum Gasteiger partial charge on any atom is 0.0661 e. The third-order valence-corrected chi connectivity index (χ3v) is 3.44. The van der Waals surface area contributed by atoms with Crippen LogP contribution in [0.4, 0.5) is 5.69 Å². The van der Waals surface area contributed by atoms with Gasteiger partial charge >= 0.3 is 0 Å². The molecule has 2 N–H and O–H groups in total. The van der Waals surface area contributed by atoms with Crippen molar-refractivity contribution in [2.75, 3.05) is 11.9 Å². The lowest BCUT2D eigenvalue weighted by Gasteiger charge is -2.33. The summed E-state index contributed by atoms with van der Waals surface area (Å²) in [6.07, 6.45) is 2.96. The first kappa shape index (κ1) is 13.5. The number of halogens is 1. The number of benzene rings is 1. The van der Waals surface area contributed by atoms with E-state index in [-0.39, 0.29) is 12.1 Å². The molecule has 0 aliphatic rings. The van der Waals surface area contributed by atoms with Crippen LogP contribution in [0, 0.1) is 0 Å². The predicted molar refractivity (Wildman–Crippen MR) is 72.8 cm³/mol. The van der Waals surface area contributed by atoms with Gasteiger partial charge in [-0.3, -0.25) is 0 Å². The molecule has 0 aliphatic heterocycles. The molecule has 0 aliphatic carbocycles. The number of rotatable bonds is 6. The van der Waals surface area contributed by atoms with Crippen molar-refractivity contribution in [2.45, 2.75) is 38.6 Å². The minimum absolute atomic E-state index is 0.170. The summed E-state index contributed by atoms with van der Waals surface area (Å²) in [7, 11) is 0. The average molecular weight is 286 g/mol. The second kappa shape index (κ2) is 6.26. The van der Waals surface area contributed by atoms with Gasteiger partial charge in [0.2, 0.25) is 0 Å². The SMILES string of the molecule is CCCC(CC)(CO)Nc1cccc(Br)c1. The van der Waals surface area contributed by atoms with Crippen LogP contribution in [0.1, 0.15) is 33.1 Å². The monoisotopic (exact) mass is 285 g/mol. The van der Waals surface area contributed by atoms with Gasteiger partial charge in [0, 0.05) is 10.2 Å². The van der Waals surface area contributed by atoms with Crippen LogP contribution in [-0.2, 0) is 0 Å². The number of aliphatic hydroxyl groups excluding tert-OH is 1. The average Bonchev–Trinajstić information content (AvgIpc) is 2.28. The van der Waals surface area contributed by atoms with Crippen LogP contribution in [0.5, 0.6) is 0 Å². The molecule has 0 heterocycles. The largest absolute Gasteiger partial charge is 0.394 e. The topological polar surface area (TPSA) is 32.3 Å². The highest BCUT2D eigenvalue weighted by atomic mass is 79.9. The van der Waals surface area contributed by atoms with Crippen molar-refractivity contribution in [3.05, 3.63) is 28.7 Å². The molecule has 16 heavy (non-hydrogen) atoms. The fourth-order valence-corrected chi connectivity index (χ4v) is 2.31. The van der Waals surface area contributed by atoms with Crippen molar-refractivity contribution >= 4 is 21.6 Å². The zero-order valence-electron chi connectivity index (χ0n) is 9.96. The van der Waals surface area contributed by atoms with Crippen LogP contribution < -0.4 is 5.32 Å². The fraction of sp³-hybridized carbons (Fsp3) is 0.538. The molecular formula is C13H20BrNO. The number of aliphatic hydroxyl groups is 1. The third-order valence-electron chi connectivity index (χ3n) is 2.94. The normalized spacial score (nSPS) is 14.5. The van der Waals surface area contributed by atoms with Gasteiger partial charge in [-0.15, -0.1) is 0 Å². The second-order valence-corrected chi connectivity index (χ2v) is 5.09. The molecule has 0 saturated heterocycles. The minimum Gasteiger partial charge on any atom is -0.394 e. The summed E-state index contributed by atoms with van der Waals surface area (Å²) < 4.78 is 1.05. The summed E-state index contributed by atoms with van der Waals surface area (Å²) in [6.45, 7) is 4.42. The van der Waals surface area contributed by atoms with E-state index in [0.29, 0.717) is 0 Å². The Morgan fingerprint density at radius 2 is 2.12 bits per heavy atom. The van der Waals surface area contributed by atoms with Crippen LogP contribution in [0.3, 0.4) is 0 Å². The van der Waals surface area contributed by atoms with Gasteiger partial charge in [0.15, 0.2) is 0 Å². The summed E-state index contributed by atoms with van der Waals surface area (Å²) in [5.74, 6) is 0. The molecular weight excluding hydrogens is 266 g/mol. The van der Waals surface area contributed by atoms with Gasteiger partial charge in [0.25, 0.3) is 0 Å². The molecule has 0 saturated carbocycles. The minimum atomic E-state index is -0.185. The van der Waals surface area contributed by atoms with E-state index in [9.17, 15) is 5.11 Å². The van der Waals surface area contributed by atoms with E-state index in [0.717, 1.165) is 29.4 Å². The van der Waals surface area contributed by atoms with E-state index in [1.165, 1.54) is 0 Å². The molecule has 3 heteroatoms. The molecule has 0 fully saturated rings. The van der Waals surface area contributed by atoms with Crippen LogP contribution in [0.2, 0.25) is 0 Å². The second-order valence-electron chi connectivity index (χ2n) is 4.18. The molecule has 1 unspecified atom stereocenters. The Morgan fingerprint density at radius 1 is 1.38 bits per heavy atom. The molecule has 0 radical (unpaired) electrons. The zero-order chi connectivity index (χ0) is 12.0. The van der Waals surface area contributed by atoms with Crippen molar-refractivity contribution < 1.29 is 5.11 Å². The Bertz CT molecular complexity index is 323. The third kappa shape index (κ3) is 3.49. The summed E-state index contributed by atoms with van der Waals surface area (Å²) in [4.78, 5) is 0. The summed E-state index contributed by atoms with van der Waals surface area (Å²) in [5, 5.41) is 13.0. The lowest BCUT2D eigenvalue weighted by Crippen LogP contribution is -2.41. The van der Waals surface area contributed by atoms with Crippen LogP contribution in [0.25, 0.3) is 0 Å². The molecule has 0 bridgehead atoms. The van der Waals surface area contributed by atoms with E-state index >= 15 is 0 Å². The van der Waals surface area contributed by atoms with Gasteiger partial charge in [-0.1, -0.05) is 42.3 Å². The van der Waals surface area contributed by atoms with E-state index in [2.05, 4.69) is 35.1 Å². The number of hydrogen-bond donors (Lipinski definition) is 2. The smallest absolute Gasteiger partial charge is 0.0661 e. The van der Waals surface area contributed by atoms with Gasteiger partial charge in [-0.25, -0.2) is 0 Å². The highest BCUT2D eigenvalue weighted by Crippen LogP contribution is 2.25. The first-order chi connectivity index (χ1) is 7.65.